The molecule has 1 amide bonds. The van der Waals surface area contributed by atoms with E-state index >= 15 is 0 Å². The standard InChI is InChI=1S/C20H15BrCl2N2O2S/c1-10-8-12(21)9-11(2)18(10)24-20(28)25-19(26)16-7-6-15(27-16)13-4-3-5-14(22)17(13)23/h3-9H,1-2H3,(H2,24,25,26,28). The summed E-state index contributed by atoms with van der Waals surface area (Å²) >= 11 is 21.0. The lowest BCUT2D eigenvalue weighted by Crippen LogP contribution is -2.34. The molecule has 0 saturated heterocycles. The van der Waals surface area contributed by atoms with Crippen molar-refractivity contribution >= 4 is 68.1 Å². The molecule has 0 radical (unpaired) electrons. The lowest BCUT2D eigenvalue weighted by atomic mass is 10.1. The molecule has 0 aliphatic rings. The van der Waals surface area contributed by atoms with E-state index < -0.39 is 5.91 Å². The van der Waals surface area contributed by atoms with Gasteiger partial charge in [0.2, 0.25) is 0 Å². The third-order valence-electron chi connectivity index (χ3n) is 4.01. The Morgan fingerprint density at radius 1 is 1.11 bits per heavy atom. The van der Waals surface area contributed by atoms with E-state index in [0.717, 1.165) is 21.3 Å². The van der Waals surface area contributed by atoms with Gasteiger partial charge in [-0.05, 0) is 73.6 Å². The number of furan rings is 1. The maximum absolute atomic E-state index is 12.5. The van der Waals surface area contributed by atoms with E-state index in [2.05, 4.69) is 26.6 Å². The fraction of sp³-hybridized carbons (Fsp3) is 0.100. The van der Waals surface area contributed by atoms with Gasteiger partial charge in [0.1, 0.15) is 5.76 Å². The van der Waals surface area contributed by atoms with Crippen LogP contribution in [0.4, 0.5) is 5.69 Å². The van der Waals surface area contributed by atoms with Crippen LogP contribution >= 0.6 is 51.3 Å². The van der Waals surface area contributed by atoms with Crippen LogP contribution < -0.4 is 10.6 Å². The predicted molar refractivity (Wildman–Crippen MR) is 121 cm³/mol. The van der Waals surface area contributed by atoms with Crippen LogP contribution in [0.2, 0.25) is 10.0 Å². The SMILES string of the molecule is Cc1cc(Br)cc(C)c1NC(=S)NC(=O)c1ccc(-c2cccc(Cl)c2Cl)o1. The molecule has 0 saturated carbocycles. The second-order valence-electron chi connectivity index (χ2n) is 6.09. The van der Waals surface area contributed by atoms with Crippen molar-refractivity contribution in [1.82, 2.24) is 5.32 Å². The van der Waals surface area contributed by atoms with Crippen molar-refractivity contribution < 1.29 is 9.21 Å². The molecule has 2 aromatic carbocycles. The quantitative estimate of drug-likeness (QED) is 0.392. The Kier molecular flexibility index (Phi) is 6.45. The highest BCUT2D eigenvalue weighted by Crippen LogP contribution is 2.34. The number of hydrogen-bond donors (Lipinski definition) is 2. The van der Waals surface area contributed by atoms with Crippen LogP contribution in [0.1, 0.15) is 21.7 Å². The van der Waals surface area contributed by atoms with E-state index in [9.17, 15) is 4.79 Å². The van der Waals surface area contributed by atoms with Crippen molar-refractivity contribution in [1.29, 1.82) is 0 Å². The molecule has 1 aromatic heterocycles. The highest BCUT2D eigenvalue weighted by Gasteiger charge is 2.16. The topological polar surface area (TPSA) is 54.3 Å². The molecular formula is C20H15BrCl2N2O2S. The van der Waals surface area contributed by atoms with Gasteiger partial charge in [-0.25, -0.2) is 0 Å². The molecule has 0 aliphatic carbocycles. The molecule has 0 bridgehead atoms. The van der Waals surface area contributed by atoms with Crippen LogP contribution in [0, 0.1) is 13.8 Å². The van der Waals surface area contributed by atoms with Gasteiger partial charge in [-0.3, -0.25) is 10.1 Å². The summed E-state index contributed by atoms with van der Waals surface area (Å²) < 4.78 is 6.61. The smallest absolute Gasteiger partial charge is 0.293 e. The van der Waals surface area contributed by atoms with Crippen LogP contribution in [0.3, 0.4) is 0 Å². The minimum Gasteiger partial charge on any atom is -0.451 e. The molecule has 3 aromatic rings. The Morgan fingerprint density at radius 3 is 2.46 bits per heavy atom. The minimum atomic E-state index is -0.464. The maximum Gasteiger partial charge on any atom is 0.293 e. The number of rotatable bonds is 3. The average molecular weight is 498 g/mol. The van der Waals surface area contributed by atoms with Crippen molar-refractivity contribution in [3.8, 4) is 11.3 Å². The van der Waals surface area contributed by atoms with Gasteiger partial charge in [-0.2, -0.15) is 0 Å². The fourth-order valence-electron chi connectivity index (χ4n) is 2.72. The Balaban J connectivity index is 1.73. The van der Waals surface area contributed by atoms with E-state index in [1.54, 1.807) is 30.3 Å². The number of aryl methyl sites for hydroxylation is 2. The summed E-state index contributed by atoms with van der Waals surface area (Å²) in [5, 5.41) is 6.63. The van der Waals surface area contributed by atoms with E-state index in [-0.39, 0.29) is 10.9 Å². The largest absolute Gasteiger partial charge is 0.451 e. The number of hydrogen-bond acceptors (Lipinski definition) is 3. The molecule has 0 spiro atoms. The number of halogens is 3. The molecule has 3 rings (SSSR count). The summed E-state index contributed by atoms with van der Waals surface area (Å²) in [5.41, 5.74) is 3.45. The Bertz CT molecular complexity index is 1060. The molecule has 2 N–H and O–H groups in total. The summed E-state index contributed by atoms with van der Waals surface area (Å²) in [5.74, 6) is 0.0879. The van der Waals surface area contributed by atoms with Gasteiger partial charge in [-0.1, -0.05) is 45.2 Å². The van der Waals surface area contributed by atoms with E-state index in [1.165, 1.54) is 0 Å². The van der Waals surface area contributed by atoms with E-state index in [1.807, 2.05) is 26.0 Å². The van der Waals surface area contributed by atoms with Gasteiger partial charge in [0.05, 0.1) is 10.0 Å². The van der Waals surface area contributed by atoms with E-state index in [4.69, 9.17) is 39.8 Å². The molecule has 1 heterocycles. The summed E-state index contributed by atoms with van der Waals surface area (Å²) in [6.45, 7) is 3.91. The zero-order valence-electron chi connectivity index (χ0n) is 14.9. The zero-order chi connectivity index (χ0) is 20.4. The first-order chi connectivity index (χ1) is 13.3. The molecular weight excluding hydrogens is 483 g/mol. The highest BCUT2D eigenvalue weighted by atomic mass is 79.9. The van der Waals surface area contributed by atoms with Crippen LogP contribution in [-0.2, 0) is 0 Å². The summed E-state index contributed by atoms with van der Waals surface area (Å²) in [6, 6.07) is 12.3. The molecule has 0 fully saturated rings. The molecule has 28 heavy (non-hydrogen) atoms. The van der Waals surface area contributed by atoms with Crippen molar-refractivity contribution in [3.63, 3.8) is 0 Å². The first-order valence-corrected chi connectivity index (χ1v) is 10.2. The monoisotopic (exact) mass is 496 g/mol. The lowest BCUT2D eigenvalue weighted by Gasteiger charge is -2.14. The molecule has 8 heteroatoms. The molecule has 0 aliphatic heterocycles. The van der Waals surface area contributed by atoms with Crippen molar-refractivity contribution in [2.45, 2.75) is 13.8 Å². The lowest BCUT2D eigenvalue weighted by molar-refractivity contribution is 0.0951. The number of anilines is 1. The van der Waals surface area contributed by atoms with Gasteiger partial charge < -0.3 is 9.73 Å². The molecule has 4 nitrogen and oxygen atoms in total. The second kappa shape index (κ2) is 8.66. The first-order valence-electron chi connectivity index (χ1n) is 8.19. The summed E-state index contributed by atoms with van der Waals surface area (Å²) in [4.78, 5) is 12.5. The second-order valence-corrected chi connectivity index (χ2v) is 8.20. The van der Waals surface area contributed by atoms with Gasteiger partial charge in [0.15, 0.2) is 10.9 Å². The summed E-state index contributed by atoms with van der Waals surface area (Å²) in [6.07, 6.45) is 0. The molecule has 0 atom stereocenters. The number of benzene rings is 2. The average Bonchev–Trinajstić information content (AvgIpc) is 3.10. The number of amides is 1. The van der Waals surface area contributed by atoms with Gasteiger partial charge in [0.25, 0.3) is 5.91 Å². The van der Waals surface area contributed by atoms with Crippen LogP contribution in [0.15, 0.2) is 51.4 Å². The van der Waals surface area contributed by atoms with Gasteiger partial charge in [0, 0.05) is 15.7 Å². The maximum atomic E-state index is 12.5. The van der Waals surface area contributed by atoms with Crippen molar-refractivity contribution in [2.24, 2.45) is 0 Å². The Labute approximate surface area is 186 Å². The third-order valence-corrected chi connectivity index (χ3v) is 5.49. The predicted octanol–water partition coefficient (Wildman–Crippen LogP) is 6.76. The van der Waals surface area contributed by atoms with E-state index in [0.29, 0.717) is 21.4 Å². The Hall–Kier alpha value is -1.86. The van der Waals surface area contributed by atoms with Crippen LogP contribution in [-0.4, -0.2) is 11.0 Å². The molecule has 144 valence electrons. The summed E-state index contributed by atoms with van der Waals surface area (Å²) in [7, 11) is 0. The third kappa shape index (κ3) is 4.58. The van der Waals surface area contributed by atoms with Crippen LogP contribution in [0.5, 0.6) is 0 Å². The number of carbonyl (C=O) groups excluding carboxylic acids is 1. The Morgan fingerprint density at radius 2 is 1.79 bits per heavy atom. The number of carbonyl (C=O) groups is 1. The number of nitrogens with one attached hydrogen (secondary N) is 2. The van der Waals surface area contributed by atoms with Crippen molar-refractivity contribution in [3.05, 3.63) is 73.9 Å². The van der Waals surface area contributed by atoms with Crippen LogP contribution in [0.25, 0.3) is 11.3 Å². The van der Waals surface area contributed by atoms with Crippen molar-refractivity contribution in [2.75, 3.05) is 5.32 Å². The normalized spacial score (nSPS) is 10.6. The highest BCUT2D eigenvalue weighted by molar-refractivity contribution is 9.10. The first kappa shape index (κ1) is 20.9. The number of thiocarbonyl (C=S) groups is 1. The van der Waals surface area contributed by atoms with Gasteiger partial charge in [-0.15, -0.1) is 0 Å². The zero-order valence-corrected chi connectivity index (χ0v) is 18.8. The molecule has 0 unspecified atom stereocenters. The minimum absolute atomic E-state index is 0.111. The van der Waals surface area contributed by atoms with Gasteiger partial charge >= 0.3 is 0 Å². The fourth-order valence-corrected chi connectivity index (χ4v) is 3.99.